The molecule has 4 nitrogen and oxygen atoms in total. The summed E-state index contributed by atoms with van der Waals surface area (Å²) in [7, 11) is 0. The van der Waals surface area contributed by atoms with Crippen LogP contribution in [0.15, 0.2) is 30.3 Å². The highest BCUT2D eigenvalue weighted by Crippen LogP contribution is 2.38. The van der Waals surface area contributed by atoms with Gasteiger partial charge in [-0.25, -0.2) is 8.78 Å². The summed E-state index contributed by atoms with van der Waals surface area (Å²) >= 11 is 5.77. The molecule has 7 heteroatoms. The van der Waals surface area contributed by atoms with Crippen molar-refractivity contribution in [2.75, 3.05) is 6.61 Å². The minimum absolute atomic E-state index is 0.0224. The van der Waals surface area contributed by atoms with Crippen molar-refractivity contribution in [3.05, 3.63) is 63.7 Å². The molecule has 1 amide bonds. The molecule has 3 rings (SSSR count). The van der Waals surface area contributed by atoms with Gasteiger partial charge in [0.15, 0.2) is 11.6 Å². The van der Waals surface area contributed by atoms with Crippen LogP contribution in [0, 0.1) is 11.6 Å². The van der Waals surface area contributed by atoms with Gasteiger partial charge < -0.3 is 9.64 Å². The fourth-order valence-electron chi connectivity index (χ4n) is 3.19. The predicted octanol–water partition coefficient (Wildman–Crippen LogP) is 4.30. The maximum absolute atomic E-state index is 14.3. The number of Topliss-reactive ketones (excluding diaryl/α,β-unsaturated/α-hetero) is 1. The number of ketones is 1. The van der Waals surface area contributed by atoms with E-state index in [1.165, 1.54) is 30.0 Å². The summed E-state index contributed by atoms with van der Waals surface area (Å²) in [6.45, 7) is 3.38. The van der Waals surface area contributed by atoms with Crippen LogP contribution in [-0.4, -0.2) is 23.2 Å². The number of hydrogen-bond donors (Lipinski definition) is 0. The van der Waals surface area contributed by atoms with E-state index < -0.39 is 23.6 Å². The molecule has 2 aromatic carbocycles. The minimum atomic E-state index is -1.09. The molecular formula is C19H16ClF2NO3. The third kappa shape index (κ3) is 3.05. The highest BCUT2D eigenvalue weighted by Gasteiger charge is 2.39. The predicted molar refractivity (Wildman–Crippen MR) is 92.3 cm³/mol. The molecule has 1 unspecified atom stereocenters. The largest absolute Gasteiger partial charge is 0.493 e. The lowest BCUT2D eigenvalue weighted by molar-refractivity contribution is -0.121. The first kappa shape index (κ1) is 18.3. The van der Waals surface area contributed by atoms with Gasteiger partial charge in [0.05, 0.1) is 17.2 Å². The molecule has 2 aromatic rings. The number of fused-ring (bicyclic) bond motifs is 1. The first-order valence-electron chi connectivity index (χ1n) is 8.05. The van der Waals surface area contributed by atoms with E-state index in [0.29, 0.717) is 17.9 Å². The van der Waals surface area contributed by atoms with Gasteiger partial charge in [0.25, 0.3) is 5.91 Å². The van der Waals surface area contributed by atoms with Crippen LogP contribution in [-0.2, 0) is 11.3 Å². The molecule has 1 atom stereocenters. The maximum Gasteiger partial charge on any atom is 0.258 e. The SMILES string of the molecule is CCOc1ccc(F)cc1C(C(C)=O)N1Cc2ccc(Cl)c(F)c2C1=O. The van der Waals surface area contributed by atoms with Gasteiger partial charge in [-0.05, 0) is 43.7 Å². The molecule has 1 heterocycles. The number of nitrogens with zero attached hydrogens (tertiary/aromatic N) is 1. The standard InChI is InChI=1S/C19H16ClF2NO3/c1-3-26-15-7-5-12(21)8-13(15)18(10(2)24)23-9-11-4-6-14(20)17(22)16(11)19(23)25/h4-8,18H,3,9H2,1-2H3. The van der Waals surface area contributed by atoms with Crippen molar-refractivity contribution < 1.29 is 23.1 Å². The number of ether oxygens (including phenoxy) is 1. The van der Waals surface area contributed by atoms with Gasteiger partial charge in [0.2, 0.25) is 0 Å². The van der Waals surface area contributed by atoms with E-state index in [1.54, 1.807) is 13.0 Å². The molecule has 26 heavy (non-hydrogen) atoms. The second kappa shape index (κ2) is 7.03. The van der Waals surface area contributed by atoms with E-state index in [0.717, 1.165) is 6.07 Å². The average molecular weight is 380 g/mol. The lowest BCUT2D eigenvalue weighted by Crippen LogP contribution is -2.34. The summed E-state index contributed by atoms with van der Waals surface area (Å²) in [6, 6.07) is 5.61. The molecule has 136 valence electrons. The summed E-state index contributed by atoms with van der Waals surface area (Å²) in [5.74, 6) is -2.12. The van der Waals surface area contributed by atoms with Crippen molar-refractivity contribution in [3.8, 4) is 5.75 Å². The molecule has 1 aliphatic heterocycles. The summed E-state index contributed by atoms with van der Waals surface area (Å²) < 4.78 is 33.6. The molecule has 0 spiro atoms. The normalized spacial score (nSPS) is 14.3. The molecular weight excluding hydrogens is 364 g/mol. The third-order valence-corrected chi connectivity index (χ3v) is 4.55. The number of halogens is 3. The molecule has 0 aliphatic carbocycles. The minimum Gasteiger partial charge on any atom is -0.493 e. The number of carbonyl (C=O) groups excluding carboxylic acids is 2. The molecule has 0 radical (unpaired) electrons. The molecule has 0 N–H and O–H groups in total. The number of rotatable bonds is 5. The van der Waals surface area contributed by atoms with Crippen LogP contribution in [0.1, 0.15) is 41.4 Å². The zero-order valence-electron chi connectivity index (χ0n) is 14.2. The summed E-state index contributed by atoms with van der Waals surface area (Å²) in [6.07, 6.45) is 0. The van der Waals surface area contributed by atoms with E-state index in [4.69, 9.17) is 16.3 Å². The van der Waals surface area contributed by atoms with Gasteiger partial charge in [0.1, 0.15) is 17.6 Å². The van der Waals surface area contributed by atoms with Crippen LogP contribution in [0.25, 0.3) is 0 Å². The van der Waals surface area contributed by atoms with E-state index in [2.05, 4.69) is 0 Å². The van der Waals surface area contributed by atoms with Crippen LogP contribution in [0.3, 0.4) is 0 Å². The van der Waals surface area contributed by atoms with Crippen molar-refractivity contribution in [1.29, 1.82) is 0 Å². The van der Waals surface area contributed by atoms with E-state index >= 15 is 0 Å². The summed E-state index contributed by atoms with van der Waals surface area (Å²) in [4.78, 5) is 26.4. The van der Waals surface area contributed by atoms with Crippen molar-refractivity contribution >= 4 is 23.3 Å². The molecule has 0 aromatic heterocycles. The van der Waals surface area contributed by atoms with Gasteiger partial charge >= 0.3 is 0 Å². The maximum atomic E-state index is 14.3. The third-order valence-electron chi connectivity index (χ3n) is 4.26. The van der Waals surface area contributed by atoms with Crippen LogP contribution >= 0.6 is 11.6 Å². The van der Waals surface area contributed by atoms with Crippen molar-refractivity contribution in [2.45, 2.75) is 26.4 Å². The monoisotopic (exact) mass is 379 g/mol. The first-order valence-corrected chi connectivity index (χ1v) is 8.43. The first-order chi connectivity index (χ1) is 12.3. The molecule has 0 bridgehead atoms. The van der Waals surface area contributed by atoms with Crippen molar-refractivity contribution in [3.63, 3.8) is 0 Å². The Hall–Kier alpha value is -2.47. The second-order valence-corrected chi connectivity index (χ2v) is 6.36. The van der Waals surface area contributed by atoms with Crippen molar-refractivity contribution in [2.24, 2.45) is 0 Å². The Balaban J connectivity index is 2.09. The Bertz CT molecular complexity index is 901. The number of carbonyl (C=O) groups is 2. The zero-order valence-corrected chi connectivity index (χ0v) is 14.9. The second-order valence-electron chi connectivity index (χ2n) is 5.96. The Morgan fingerprint density at radius 3 is 2.69 bits per heavy atom. The van der Waals surface area contributed by atoms with Gasteiger partial charge in [0, 0.05) is 12.1 Å². The van der Waals surface area contributed by atoms with E-state index in [9.17, 15) is 18.4 Å². The van der Waals surface area contributed by atoms with Gasteiger partial charge in [-0.1, -0.05) is 17.7 Å². The highest BCUT2D eigenvalue weighted by molar-refractivity contribution is 6.31. The molecule has 1 aliphatic rings. The summed E-state index contributed by atoms with van der Waals surface area (Å²) in [5.41, 5.74) is 0.502. The Morgan fingerprint density at radius 1 is 1.31 bits per heavy atom. The lowest BCUT2D eigenvalue weighted by Gasteiger charge is -2.27. The van der Waals surface area contributed by atoms with Crippen molar-refractivity contribution in [1.82, 2.24) is 4.90 Å². The van der Waals surface area contributed by atoms with E-state index in [1.807, 2.05) is 0 Å². The van der Waals surface area contributed by atoms with Gasteiger partial charge in [-0.3, -0.25) is 9.59 Å². The Kier molecular flexibility index (Phi) is 4.96. The van der Waals surface area contributed by atoms with E-state index in [-0.39, 0.29) is 28.5 Å². The van der Waals surface area contributed by atoms with Gasteiger partial charge in [-0.15, -0.1) is 0 Å². The summed E-state index contributed by atoms with van der Waals surface area (Å²) in [5, 5.41) is -0.168. The fraction of sp³-hybridized carbons (Fsp3) is 0.263. The average Bonchev–Trinajstić information content (AvgIpc) is 2.91. The molecule has 0 saturated carbocycles. The quantitative estimate of drug-likeness (QED) is 0.778. The topological polar surface area (TPSA) is 46.6 Å². The van der Waals surface area contributed by atoms with Crippen LogP contribution in [0.4, 0.5) is 8.78 Å². The molecule has 0 fully saturated rings. The zero-order chi connectivity index (χ0) is 19.0. The lowest BCUT2D eigenvalue weighted by atomic mass is 10.0. The number of benzene rings is 2. The fourth-order valence-corrected chi connectivity index (χ4v) is 3.34. The van der Waals surface area contributed by atoms with Crippen LogP contribution in [0.5, 0.6) is 5.75 Å². The number of amides is 1. The smallest absolute Gasteiger partial charge is 0.258 e. The van der Waals surface area contributed by atoms with Crippen LogP contribution < -0.4 is 4.74 Å². The molecule has 0 saturated heterocycles. The Labute approximate surface area is 154 Å². The number of hydrogen-bond acceptors (Lipinski definition) is 3. The Morgan fingerprint density at radius 2 is 2.04 bits per heavy atom. The highest BCUT2D eigenvalue weighted by atomic mass is 35.5. The van der Waals surface area contributed by atoms with Crippen LogP contribution in [0.2, 0.25) is 5.02 Å². The van der Waals surface area contributed by atoms with Gasteiger partial charge in [-0.2, -0.15) is 0 Å².